The van der Waals surface area contributed by atoms with Crippen LogP contribution in [0.25, 0.3) is 0 Å². The lowest BCUT2D eigenvalue weighted by atomic mass is 10.0. The van der Waals surface area contributed by atoms with Crippen molar-refractivity contribution < 1.29 is 9.53 Å². The van der Waals surface area contributed by atoms with Gasteiger partial charge in [-0.05, 0) is 24.5 Å². The highest BCUT2D eigenvalue weighted by molar-refractivity contribution is 6.45. The van der Waals surface area contributed by atoms with Crippen LogP contribution in [0, 0.1) is 17.2 Å². The molecule has 0 aliphatic heterocycles. The number of fused-ring (bicyclic) bond motifs is 1. The van der Waals surface area contributed by atoms with E-state index in [-0.39, 0.29) is 28.4 Å². The normalized spacial score (nSPS) is 17.4. The molecule has 1 aliphatic rings. The van der Waals surface area contributed by atoms with Crippen molar-refractivity contribution in [3.63, 3.8) is 0 Å². The molecule has 1 aromatic rings. The van der Waals surface area contributed by atoms with Gasteiger partial charge in [-0.1, -0.05) is 30.1 Å². The summed E-state index contributed by atoms with van der Waals surface area (Å²) in [5.74, 6) is 0.387. The topological polar surface area (TPSA) is 50.1 Å². The Morgan fingerprint density at radius 3 is 2.83 bits per heavy atom. The number of nitriles is 1. The molecule has 1 unspecified atom stereocenters. The van der Waals surface area contributed by atoms with E-state index in [1.54, 1.807) is 6.07 Å². The van der Waals surface area contributed by atoms with Crippen LogP contribution < -0.4 is 4.74 Å². The molecule has 0 radical (unpaired) electrons. The van der Waals surface area contributed by atoms with E-state index in [9.17, 15) is 4.79 Å². The Morgan fingerprint density at radius 2 is 2.22 bits per heavy atom. The molecule has 1 atom stereocenters. The molecule has 0 fully saturated rings. The van der Waals surface area contributed by atoms with Gasteiger partial charge in [0.25, 0.3) is 0 Å². The smallest absolute Gasteiger partial charge is 0.174 e. The number of rotatable bonds is 3. The molecule has 1 aromatic carbocycles. The highest BCUT2D eigenvalue weighted by Gasteiger charge is 2.33. The molecule has 0 saturated carbocycles. The van der Waals surface area contributed by atoms with Crippen LogP contribution in [0.3, 0.4) is 0 Å². The zero-order valence-electron chi connectivity index (χ0n) is 9.80. The molecule has 0 saturated heterocycles. The summed E-state index contributed by atoms with van der Waals surface area (Å²) in [6.07, 6.45) is 1.43. The van der Waals surface area contributed by atoms with Gasteiger partial charge in [-0.15, -0.1) is 0 Å². The van der Waals surface area contributed by atoms with Crippen LogP contribution in [0.4, 0.5) is 0 Å². The number of halogens is 2. The standard InChI is InChI=1S/C13H11Cl2NO2/c1-2-7-5-8-6-9(18-4-3-16)11(14)12(15)10(8)13(7)17/h6-7H,2,4-5H2,1H3. The quantitative estimate of drug-likeness (QED) is 0.851. The number of carbonyl (C=O) groups is 1. The first-order chi connectivity index (χ1) is 8.60. The van der Waals surface area contributed by atoms with E-state index in [2.05, 4.69) is 0 Å². The van der Waals surface area contributed by atoms with Gasteiger partial charge in [0.1, 0.15) is 16.8 Å². The maximum Gasteiger partial charge on any atom is 0.174 e. The van der Waals surface area contributed by atoms with Crippen LogP contribution >= 0.6 is 23.2 Å². The fraction of sp³-hybridized carbons (Fsp3) is 0.385. The molecule has 0 spiro atoms. The van der Waals surface area contributed by atoms with Crippen LogP contribution in [0.15, 0.2) is 6.07 Å². The second kappa shape index (κ2) is 5.17. The molecule has 0 N–H and O–H groups in total. The summed E-state index contributed by atoms with van der Waals surface area (Å²) in [5.41, 5.74) is 1.37. The van der Waals surface area contributed by atoms with Gasteiger partial charge in [0.2, 0.25) is 0 Å². The molecular weight excluding hydrogens is 273 g/mol. The first-order valence-electron chi connectivity index (χ1n) is 5.65. The van der Waals surface area contributed by atoms with E-state index in [1.165, 1.54) is 0 Å². The van der Waals surface area contributed by atoms with Crippen molar-refractivity contribution >= 4 is 29.0 Å². The summed E-state index contributed by atoms with van der Waals surface area (Å²) in [5, 5.41) is 8.94. The number of hydrogen-bond acceptors (Lipinski definition) is 3. The summed E-state index contributed by atoms with van der Waals surface area (Å²) >= 11 is 12.2. The molecule has 5 heteroatoms. The lowest BCUT2D eigenvalue weighted by Gasteiger charge is -2.09. The third kappa shape index (κ3) is 2.07. The minimum atomic E-state index is -0.0972. The van der Waals surface area contributed by atoms with Crippen LogP contribution in [0.5, 0.6) is 5.75 Å². The molecule has 2 rings (SSSR count). The summed E-state index contributed by atoms with van der Waals surface area (Å²) in [4.78, 5) is 12.1. The van der Waals surface area contributed by atoms with E-state index in [4.69, 9.17) is 33.2 Å². The average Bonchev–Trinajstić information content (AvgIpc) is 2.68. The maximum absolute atomic E-state index is 12.1. The zero-order chi connectivity index (χ0) is 13.3. The summed E-state index contributed by atoms with van der Waals surface area (Å²) in [7, 11) is 0. The van der Waals surface area contributed by atoms with E-state index < -0.39 is 0 Å². The van der Waals surface area contributed by atoms with Gasteiger partial charge in [-0.2, -0.15) is 5.26 Å². The van der Waals surface area contributed by atoms with E-state index in [0.717, 1.165) is 12.0 Å². The Hall–Kier alpha value is -1.24. The predicted octanol–water partition coefficient (Wildman–Crippen LogP) is 3.66. The fourth-order valence-electron chi connectivity index (χ4n) is 2.19. The molecule has 0 amide bonds. The summed E-state index contributed by atoms with van der Waals surface area (Å²) < 4.78 is 5.21. The van der Waals surface area contributed by atoms with Gasteiger partial charge in [0, 0.05) is 11.5 Å². The number of ether oxygens (including phenoxy) is 1. The fourth-order valence-corrected chi connectivity index (χ4v) is 2.70. The van der Waals surface area contributed by atoms with Crippen molar-refractivity contribution in [2.24, 2.45) is 5.92 Å². The second-order valence-electron chi connectivity index (χ2n) is 4.16. The number of hydrogen-bond donors (Lipinski definition) is 0. The Morgan fingerprint density at radius 1 is 1.50 bits per heavy atom. The molecule has 94 valence electrons. The number of benzene rings is 1. The monoisotopic (exact) mass is 283 g/mol. The average molecular weight is 284 g/mol. The molecule has 1 aliphatic carbocycles. The summed E-state index contributed by atoms with van der Waals surface area (Å²) in [6.45, 7) is 1.87. The lowest BCUT2D eigenvalue weighted by molar-refractivity contribution is 0.0934. The third-order valence-electron chi connectivity index (χ3n) is 3.12. The van der Waals surface area contributed by atoms with Gasteiger partial charge in [-0.3, -0.25) is 4.79 Å². The Balaban J connectivity index is 2.46. The van der Waals surface area contributed by atoms with Crippen molar-refractivity contribution in [3.05, 3.63) is 27.2 Å². The lowest BCUT2D eigenvalue weighted by Crippen LogP contribution is -2.07. The van der Waals surface area contributed by atoms with Gasteiger partial charge >= 0.3 is 0 Å². The molecule has 3 nitrogen and oxygen atoms in total. The number of nitrogens with zero attached hydrogens (tertiary/aromatic N) is 1. The zero-order valence-corrected chi connectivity index (χ0v) is 11.3. The van der Waals surface area contributed by atoms with Crippen LogP contribution in [0.1, 0.15) is 29.3 Å². The Bertz CT molecular complexity index is 549. The van der Waals surface area contributed by atoms with Gasteiger partial charge in [-0.25, -0.2) is 0 Å². The molecular formula is C13H11Cl2NO2. The van der Waals surface area contributed by atoms with Crippen LogP contribution in [-0.4, -0.2) is 12.4 Å². The van der Waals surface area contributed by atoms with E-state index in [0.29, 0.717) is 17.7 Å². The van der Waals surface area contributed by atoms with Crippen molar-refractivity contribution in [1.29, 1.82) is 5.26 Å². The van der Waals surface area contributed by atoms with E-state index >= 15 is 0 Å². The summed E-state index contributed by atoms with van der Waals surface area (Å²) in [6, 6.07) is 3.59. The molecule has 0 bridgehead atoms. The van der Waals surface area contributed by atoms with E-state index in [1.807, 2.05) is 13.0 Å². The molecule has 0 heterocycles. The Kier molecular flexibility index (Phi) is 3.79. The van der Waals surface area contributed by atoms with Crippen LogP contribution in [0.2, 0.25) is 10.0 Å². The van der Waals surface area contributed by atoms with Crippen LogP contribution in [-0.2, 0) is 6.42 Å². The number of carbonyl (C=O) groups excluding carboxylic acids is 1. The highest BCUT2D eigenvalue weighted by Crippen LogP contribution is 2.42. The second-order valence-corrected chi connectivity index (χ2v) is 4.91. The van der Waals surface area contributed by atoms with Crippen molar-refractivity contribution in [2.45, 2.75) is 19.8 Å². The Labute approximate surface area is 115 Å². The maximum atomic E-state index is 12.1. The van der Waals surface area contributed by atoms with Crippen molar-refractivity contribution in [2.75, 3.05) is 6.61 Å². The molecule has 18 heavy (non-hydrogen) atoms. The first kappa shape index (κ1) is 13.2. The largest absolute Gasteiger partial charge is 0.477 e. The van der Waals surface area contributed by atoms with Gasteiger partial charge in [0.05, 0.1) is 5.02 Å². The van der Waals surface area contributed by atoms with Gasteiger partial charge in [0.15, 0.2) is 12.4 Å². The molecule has 0 aromatic heterocycles. The minimum Gasteiger partial charge on any atom is -0.477 e. The first-order valence-corrected chi connectivity index (χ1v) is 6.40. The highest BCUT2D eigenvalue weighted by atomic mass is 35.5. The SMILES string of the molecule is CCC1Cc2cc(OCC#N)c(Cl)c(Cl)c2C1=O. The van der Waals surface area contributed by atoms with Crippen molar-refractivity contribution in [1.82, 2.24) is 0 Å². The van der Waals surface area contributed by atoms with Gasteiger partial charge < -0.3 is 4.74 Å². The minimum absolute atomic E-state index is 0.0280. The number of ketones is 1. The van der Waals surface area contributed by atoms with Crippen molar-refractivity contribution in [3.8, 4) is 11.8 Å². The third-order valence-corrected chi connectivity index (χ3v) is 3.97. The predicted molar refractivity (Wildman–Crippen MR) is 69.4 cm³/mol. The number of Topliss-reactive ketones (excluding diaryl/α,β-unsaturated/α-hetero) is 1.